The molecular weight excluding hydrogens is 201 g/mol. The van der Waals surface area contributed by atoms with Crippen LogP contribution in [0.25, 0.3) is 11.2 Å². The number of hydrogen-bond donors (Lipinski definition) is 1. The molecule has 0 bridgehead atoms. The quantitative estimate of drug-likeness (QED) is 0.697. The second-order valence-corrected chi connectivity index (χ2v) is 2.43. The highest BCUT2D eigenvalue weighted by molar-refractivity contribution is 5.79. The van der Waals surface area contributed by atoms with E-state index in [1.165, 1.54) is 0 Å². The van der Waals surface area contributed by atoms with Crippen molar-refractivity contribution in [2.45, 2.75) is 6.18 Å². The van der Waals surface area contributed by atoms with Crippen LogP contribution in [0.2, 0.25) is 0 Å². The van der Waals surface area contributed by atoms with E-state index in [9.17, 15) is 13.2 Å². The topological polar surface area (TPSA) is 77.8 Å². The molecule has 0 atom stereocenters. The third-order valence-electron chi connectivity index (χ3n) is 1.47. The molecule has 5 nitrogen and oxygen atoms in total. The van der Waals surface area contributed by atoms with E-state index in [2.05, 4.69) is 19.4 Å². The van der Waals surface area contributed by atoms with E-state index < -0.39 is 12.1 Å². The van der Waals surface area contributed by atoms with Crippen LogP contribution in [0.4, 0.5) is 19.0 Å². The van der Waals surface area contributed by atoms with Crippen molar-refractivity contribution in [2.75, 3.05) is 5.73 Å². The first-order valence-corrected chi connectivity index (χ1v) is 3.42. The lowest BCUT2D eigenvalue weighted by molar-refractivity contribution is -0.156. The van der Waals surface area contributed by atoms with Crippen LogP contribution in [0.3, 0.4) is 0 Å². The van der Waals surface area contributed by atoms with Crippen molar-refractivity contribution in [3.63, 3.8) is 0 Å². The number of nitrogen functional groups attached to an aromatic ring is 1. The molecule has 74 valence electrons. The molecule has 2 aromatic heterocycles. The lowest BCUT2D eigenvalue weighted by Crippen LogP contribution is -2.04. The number of nitrogens with zero attached hydrogens (tertiary/aromatic N) is 3. The number of alkyl halides is 3. The Balaban J connectivity index is 2.69. The molecular formula is C6H3F3N4O. The summed E-state index contributed by atoms with van der Waals surface area (Å²) >= 11 is 0. The lowest BCUT2D eigenvalue weighted by Gasteiger charge is -1.96. The van der Waals surface area contributed by atoms with Crippen molar-refractivity contribution in [2.24, 2.45) is 0 Å². The lowest BCUT2D eigenvalue weighted by atomic mass is 10.5. The molecule has 2 aromatic rings. The molecule has 0 saturated heterocycles. The first-order chi connectivity index (χ1) is 6.48. The highest BCUT2D eigenvalue weighted by Crippen LogP contribution is 2.31. The predicted molar refractivity (Wildman–Crippen MR) is 39.0 cm³/mol. The Kier molecular flexibility index (Phi) is 1.60. The van der Waals surface area contributed by atoms with Gasteiger partial charge in [0.15, 0.2) is 11.3 Å². The summed E-state index contributed by atoms with van der Waals surface area (Å²) in [6, 6.07) is 0. The van der Waals surface area contributed by atoms with Gasteiger partial charge in [0.2, 0.25) is 0 Å². The van der Waals surface area contributed by atoms with Gasteiger partial charge in [-0.25, -0.2) is 4.98 Å². The standard InChI is InChI=1S/C6H3F3N4O/c7-6(8,9)5-13-2-3(10)11-1-12-4(2)14-5/h1H,(H2,10,11,12). The summed E-state index contributed by atoms with van der Waals surface area (Å²) < 4.78 is 40.7. The summed E-state index contributed by atoms with van der Waals surface area (Å²) in [7, 11) is 0. The molecule has 0 unspecified atom stereocenters. The van der Waals surface area contributed by atoms with E-state index in [0.29, 0.717) is 0 Å². The van der Waals surface area contributed by atoms with Gasteiger partial charge in [0.25, 0.3) is 5.71 Å². The number of rotatable bonds is 0. The molecule has 2 heterocycles. The molecule has 0 aliphatic carbocycles. The number of hydrogen-bond acceptors (Lipinski definition) is 5. The van der Waals surface area contributed by atoms with Gasteiger partial charge in [-0.05, 0) is 0 Å². The van der Waals surface area contributed by atoms with Gasteiger partial charge in [-0.2, -0.15) is 23.1 Å². The predicted octanol–water partition coefficient (Wildman–Crippen LogP) is 1.22. The molecule has 0 aliphatic heterocycles. The van der Waals surface area contributed by atoms with Gasteiger partial charge in [0.05, 0.1) is 0 Å². The summed E-state index contributed by atoms with van der Waals surface area (Å²) in [5.41, 5.74) is 4.82. The molecule has 8 heteroatoms. The number of halogens is 3. The molecule has 0 saturated carbocycles. The average Bonchev–Trinajstić information content (AvgIpc) is 2.48. The maximum Gasteiger partial charge on any atom is 0.469 e. The van der Waals surface area contributed by atoms with E-state index >= 15 is 0 Å². The van der Waals surface area contributed by atoms with Crippen LogP contribution < -0.4 is 5.73 Å². The summed E-state index contributed by atoms with van der Waals surface area (Å²) in [5.74, 6) is -1.52. The summed E-state index contributed by atoms with van der Waals surface area (Å²) in [4.78, 5) is 10.1. The zero-order valence-corrected chi connectivity index (χ0v) is 6.54. The summed E-state index contributed by atoms with van der Waals surface area (Å²) in [6.07, 6.45) is -3.64. The van der Waals surface area contributed by atoms with E-state index in [1.807, 2.05) is 0 Å². The summed E-state index contributed by atoms with van der Waals surface area (Å²) in [5, 5.41) is 0. The first kappa shape index (κ1) is 8.73. The molecule has 2 N–H and O–H groups in total. The molecule has 0 fully saturated rings. The van der Waals surface area contributed by atoms with Crippen molar-refractivity contribution in [3.8, 4) is 0 Å². The van der Waals surface area contributed by atoms with Crippen LogP contribution in [-0.2, 0) is 6.18 Å². The van der Waals surface area contributed by atoms with Crippen molar-refractivity contribution in [3.05, 3.63) is 12.2 Å². The fourth-order valence-electron chi connectivity index (χ4n) is 0.892. The Morgan fingerprint density at radius 2 is 2.00 bits per heavy atom. The maximum atomic E-state index is 12.1. The molecule has 0 aromatic carbocycles. The van der Waals surface area contributed by atoms with Gasteiger partial charge in [-0.3, -0.25) is 0 Å². The second kappa shape index (κ2) is 2.56. The van der Waals surface area contributed by atoms with Gasteiger partial charge >= 0.3 is 12.1 Å². The number of anilines is 1. The molecule has 0 radical (unpaired) electrons. The summed E-state index contributed by atoms with van der Waals surface area (Å²) in [6.45, 7) is 0. The SMILES string of the molecule is Nc1ncnc2oc(C(F)(F)F)nc12. The first-order valence-electron chi connectivity index (χ1n) is 3.42. The van der Waals surface area contributed by atoms with Crippen molar-refractivity contribution in [1.29, 1.82) is 0 Å². The Hall–Kier alpha value is -1.86. The van der Waals surface area contributed by atoms with Crippen LogP contribution in [-0.4, -0.2) is 15.0 Å². The normalized spacial score (nSPS) is 12.2. The minimum atomic E-state index is -4.65. The molecule has 0 spiro atoms. The maximum absolute atomic E-state index is 12.1. The zero-order chi connectivity index (χ0) is 10.3. The van der Waals surface area contributed by atoms with Gasteiger partial charge in [0.1, 0.15) is 6.33 Å². The number of oxazole rings is 1. The monoisotopic (exact) mass is 204 g/mol. The number of aromatic nitrogens is 3. The molecule has 0 aliphatic rings. The Morgan fingerprint density at radius 3 is 2.57 bits per heavy atom. The molecule has 14 heavy (non-hydrogen) atoms. The van der Waals surface area contributed by atoms with Gasteiger partial charge in [-0.15, -0.1) is 0 Å². The minimum Gasteiger partial charge on any atom is -0.413 e. The third kappa shape index (κ3) is 1.24. The largest absolute Gasteiger partial charge is 0.469 e. The van der Waals surface area contributed by atoms with Crippen LogP contribution in [0.5, 0.6) is 0 Å². The minimum absolute atomic E-state index is 0.144. The zero-order valence-electron chi connectivity index (χ0n) is 6.54. The number of nitrogens with two attached hydrogens (primary N) is 1. The van der Waals surface area contributed by atoms with Crippen molar-refractivity contribution >= 4 is 17.0 Å². The average molecular weight is 204 g/mol. The van der Waals surface area contributed by atoms with Crippen LogP contribution in [0, 0.1) is 0 Å². The van der Waals surface area contributed by atoms with Crippen LogP contribution >= 0.6 is 0 Å². The van der Waals surface area contributed by atoms with Crippen LogP contribution in [0.1, 0.15) is 5.89 Å². The van der Waals surface area contributed by atoms with E-state index in [-0.39, 0.29) is 17.0 Å². The van der Waals surface area contributed by atoms with Crippen molar-refractivity contribution in [1.82, 2.24) is 15.0 Å². The Bertz CT molecular complexity index is 477. The second-order valence-electron chi connectivity index (χ2n) is 2.43. The molecule has 0 amide bonds. The Labute approximate surface area is 74.8 Å². The smallest absolute Gasteiger partial charge is 0.413 e. The van der Waals surface area contributed by atoms with Gasteiger partial charge in [-0.1, -0.05) is 0 Å². The fourth-order valence-corrected chi connectivity index (χ4v) is 0.892. The highest BCUT2D eigenvalue weighted by Gasteiger charge is 2.38. The molecule has 2 rings (SSSR count). The highest BCUT2D eigenvalue weighted by atomic mass is 19.4. The van der Waals surface area contributed by atoms with E-state index in [4.69, 9.17) is 5.73 Å². The number of fused-ring (bicyclic) bond motifs is 1. The third-order valence-corrected chi connectivity index (χ3v) is 1.47. The van der Waals surface area contributed by atoms with Crippen molar-refractivity contribution < 1.29 is 17.6 Å². The van der Waals surface area contributed by atoms with E-state index in [1.54, 1.807) is 0 Å². The fraction of sp³-hybridized carbons (Fsp3) is 0.167. The van der Waals surface area contributed by atoms with Gasteiger partial charge in [0, 0.05) is 0 Å². The Morgan fingerprint density at radius 1 is 1.29 bits per heavy atom. The van der Waals surface area contributed by atoms with E-state index in [0.717, 1.165) is 6.33 Å². The van der Waals surface area contributed by atoms with Crippen LogP contribution in [0.15, 0.2) is 10.7 Å². The van der Waals surface area contributed by atoms with Gasteiger partial charge < -0.3 is 10.2 Å².